The quantitative estimate of drug-likeness (QED) is 0.229. The molecule has 2 aromatic carbocycles. The van der Waals surface area contributed by atoms with Crippen molar-refractivity contribution in [2.24, 2.45) is 5.16 Å². The fraction of sp³-hybridized carbons (Fsp3) is 0.409. The Hall–Kier alpha value is -2.32. The number of ether oxygens (including phenoxy) is 1. The Morgan fingerprint density at radius 1 is 1.13 bits per heavy atom. The first kappa shape index (κ1) is 24.9. The van der Waals surface area contributed by atoms with E-state index in [1.165, 1.54) is 45.4 Å². The van der Waals surface area contributed by atoms with Crippen LogP contribution in [-0.2, 0) is 18.3 Å². The number of nitrogens with zero attached hydrogens (tertiary/aromatic N) is 1. The summed E-state index contributed by atoms with van der Waals surface area (Å²) in [5.41, 5.74) is -3.48. The van der Waals surface area contributed by atoms with Gasteiger partial charge in [0.2, 0.25) is 0 Å². The summed E-state index contributed by atoms with van der Waals surface area (Å²) >= 11 is 6.17. The van der Waals surface area contributed by atoms with Gasteiger partial charge in [-0.05, 0) is 47.2 Å². The standard InChI is InChI=1S/C22H24ClF4NO3/c1-20(2,17-11-16(24)6-7-19(17)31-3)13-21(29,22(25,26)27)12-15-5-4-14(8-9-28-30)10-18(15)23/h4-7,9-11,29-30H,8,12-13H2,1-3H3. The van der Waals surface area contributed by atoms with Gasteiger partial charge in [0.15, 0.2) is 5.60 Å². The summed E-state index contributed by atoms with van der Waals surface area (Å²) in [6.45, 7) is 2.97. The SMILES string of the molecule is COc1ccc(F)cc1C(C)(C)CC(O)(Cc1ccc(CC=NO)cc1Cl)C(F)(F)F. The van der Waals surface area contributed by atoms with Crippen molar-refractivity contribution in [3.63, 3.8) is 0 Å². The topological polar surface area (TPSA) is 62.0 Å². The van der Waals surface area contributed by atoms with Gasteiger partial charge < -0.3 is 15.1 Å². The van der Waals surface area contributed by atoms with Gasteiger partial charge in [-0.25, -0.2) is 4.39 Å². The van der Waals surface area contributed by atoms with E-state index in [1.54, 1.807) is 6.07 Å². The molecule has 0 aliphatic rings. The monoisotopic (exact) mass is 461 g/mol. The van der Waals surface area contributed by atoms with Gasteiger partial charge in [-0.2, -0.15) is 13.2 Å². The number of oxime groups is 1. The molecule has 0 aliphatic heterocycles. The number of halogens is 5. The molecule has 1 atom stereocenters. The van der Waals surface area contributed by atoms with Crippen LogP contribution in [0.5, 0.6) is 5.75 Å². The van der Waals surface area contributed by atoms with Crippen molar-refractivity contribution in [2.45, 2.75) is 50.3 Å². The molecule has 0 radical (unpaired) electrons. The zero-order chi connectivity index (χ0) is 23.4. The van der Waals surface area contributed by atoms with Crippen molar-refractivity contribution in [1.82, 2.24) is 0 Å². The van der Waals surface area contributed by atoms with E-state index in [0.29, 0.717) is 5.56 Å². The lowest BCUT2D eigenvalue weighted by Crippen LogP contribution is -2.51. The maximum atomic E-state index is 14.0. The van der Waals surface area contributed by atoms with Crippen LogP contribution in [0.3, 0.4) is 0 Å². The lowest BCUT2D eigenvalue weighted by molar-refractivity contribution is -0.266. The van der Waals surface area contributed by atoms with E-state index in [-0.39, 0.29) is 28.3 Å². The molecule has 0 fully saturated rings. The highest BCUT2D eigenvalue weighted by Gasteiger charge is 2.56. The summed E-state index contributed by atoms with van der Waals surface area (Å²) in [4.78, 5) is 0. The number of alkyl halides is 3. The Morgan fingerprint density at radius 3 is 2.35 bits per heavy atom. The van der Waals surface area contributed by atoms with Crippen molar-refractivity contribution in [3.8, 4) is 5.75 Å². The van der Waals surface area contributed by atoms with E-state index in [1.807, 2.05) is 0 Å². The van der Waals surface area contributed by atoms with Gasteiger partial charge >= 0.3 is 6.18 Å². The molecule has 0 saturated carbocycles. The fourth-order valence-corrected chi connectivity index (χ4v) is 3.89. The molecular formula is C22H24ClF4NO3. The van der Waals surface area contributed by atoms with Crippen LogP contribution in [0.1, 0.15) is 37.0 Å². The average molecular weight is 462 g/mol. The first-order chi connectivity index (χ1) is 14.3. The van der Waals surface area contributed by atoms with E-state index >= 15 is 0 Å². The van der Waals surface area contributed by atoms with E-state index in [4.69, 9.17) is 21.5 Å². The first-order valence-corrected chi connectivity index (χ1v) is 9.77. The zero-order valence-corrected chi connectivity index (χ0v) is 18.1. The maximum absolute atomic E-state index is 14.0. The normalized spacial score (nSPS) is 14.6. The number of hydrogen-bond donors (Lipinski definition) is 2. The fourth-order valence-electron chi connectivity index (χ4n) is 3.62. The molecule has 0 spiro atoms. The third kappa shape index (κ3) is 5.89. The molecule has 4 nitrogen and oxygen atoms in total. The zero-order valence-electron chi connectivity index (χ0n) is 17.3. The van der Waals surface area contributed by atoms with Gasteiger partial charge in [-0.3, -0.25) is 0 Å². The second-order valence-electron chi connectivity index (χ2n) is 8.04. The third-order valence-corrected chi connectivity index (χ3v) is 5.51. The van der Waals surface area contributed by atoms with Gasteiger partial charge in [-0.15, -0.1) is 5.16 Å². The summed E-state index contributed by atoms with van der Waals surface area (Å²) in [7, 11) is 1.34. The number of rotatable bonds is 8. The summed E-state index contributed by atoms with van der Waals surface area (Å²) in [6.07, 6.45) is -5.06. The molecule has 0 saturated heterocycles. The second-order valence-corrected chi connectivity index (χ2v) is 8.45. The number of benzene rings is 2. The highest BCUT2D eigenvalue weighted by Crippen LogP contribution is 2.45. The van der Waals surface area contributed by atoms with Crippen molar-refractivity contribution in [2.75, 3.05) is 7.11 Å². The summed E-state index contributed by atoms with van der Waals surface area (Å²) in [6, 6.07) is 7.99. The molecule has 31 heavy (non-hydrogen) atoms. The Balaban J connectivity index is 2.42. The van der Waals surface area contributed by atoms with Crippen molar-refractivity contribution >= 4 is 17.8 Å². The van der Waals surface area contributed by atoms with Gasteiger partial charge in [0, 0.05) is 29.6 Å². The van der Waals surface area contributed by atoms with Gasteiger partial charge in [-0.1, -0.05) is 37.6 Å². The molecule has 9 heteroatoms. The molecular weight excluding hydrogens is 438 g/mol. The molecule has 0 aliphatic carbocycles. The number of aliphatic hydroxyl groups is 1. The third-order valence-electron chi connectivity index (χ3n) is 5.16. The molecule has 0 aromatic heterocycles. The Kier molecular flexibility index (Phi) is 7.60. The summed E-state index contributed by atoms with van der Waals surface area (Å²) in [5.74, 6) is -0.395. The average Bonchev–Trinajstić information content (AvgIpc) is 2.67. The highest BCUT2D eigenvalue weighted by molar-refractivity contribution is 6.31. The minimum atomic E-state index is -4.98. The number of hydrogen-bond acceptors (Lipinski definition) is 4. The van der Waals surface area contributed by atoms with Crippen LogP contribution in [0.4, 0.5) is 17.6 Å². The van der Waals surface area contributed by atoms with Gasteiger partial charge in [0.05, 0.1) is 7.11 Å². The second kappa shape index (κ2) is 9.44. The lowest BCUT2D eigenvalue weighted by Gasteiger charge is -2.38. The van der Waals surface area contributed by atoms with Crippen molar-refractivity contribution in [3.05, 3.63) is 63.9 Å². The Bertz CT molecular complexity index is 947. The molecule has 2 aromatic rings. The molecule has 2 N–H and O–H groups in total. The minimum Gasteiger partial charge on any atom is -0.496 e. The Morgan fingerprint density at radius 2 is 1.81 bits per heavy atom. The highest BCUT2D eigenvalue weighted by atomic mass is 35.5. The van der Waals surface area contributed by atoms with Gasteiger partial charge in [0.25, 0.3) is 0 Å². The van der Waals surface area contributed by atoms with Crippen LogP contribution >= 0.6 is 11.6 Å². The molecule has 0 heterocycles. The Labute approximate surface area is 183 Å². The largest absolute Gasteiger partial charge is 0.496 e. The maximum Gasteiger partial charge on any atom is 0.417 e. The van der Waals surface area contributed by atoms with Gasteiger partial charge in [0.1, 0.15) is 11.6 Å². The smallest absolute Gasteiger partial charge is 0.417 e. The van der Waals surface area contributed by atoms with Crippen molar-refractivity contribution in [1.29, 1.82) is 0 Å². The molecule has 1 unspecified atom stereocenters. The van der Waals surface area contributed by atoms with Crippen molar-refractivity contribution < 1.29 is 32.6 Å². The molecule has 2 rings (SSSR count). The van der Waals surface area contributed by atoms with E-state index < -0.39 is 35.9 Å². The van der Waals surface area contributed by atoms with Crippen LogP contribution in [0.25, 0.3) is 0 Å². The molecule has 0 bridgehead atoms. The predicted octanol–water partition coefficient (Wildman–Crippen LogP) is 5.69. The first-order valence-electron chi connectivity index (χ1n) is 9.39. The van der Waals surface area contributed by atoms with Crippen LogP contribution < -0.4 is 4.74 Å². The summed E-state index contributed by atoms with van der Waals surface area (Å²) in [5, 5.41) is 22.2. The number of methoxy groups -OCH3 is 1. The summed E-state index contributed by atoms with van der Waals surface area (Å²) < 4.78 is 61.1. The van der Waals surface area contributed by atoms with Crippen LogP contribution in [-0.4, -0.2) is 35.4 Å². The predicted molar refractivity (Wildman–Crippen MR) is 111 cm³/mol. The van der Waals surface area contributed by atoms with Crippen LogP contribution in [0, 0.1) is 5.82 Å². The van der Waals surface area contributed by atoms with E-state index in [2.05, 4.69) is 5.16 Å². The molecule has 0 amide bonds. The molecule has 170 valence electrons. The lowest BCUT2D eigenvalue weighted by atomic mass is 9.72. The van der Waals surface area contributed by atoms with E-state index in [9.17, 15) is 22.7 Å². The van der Waals surface area contributed by atoms with Crippen LogP contribution in [0.2, 0.25) is 5.02 Å². The van der Waals surface area contributed by atoms with E-state index in [0.717, 1.165) is 12.1 Å². The van der Waals surface area contributed by atoms with Crippen LogP contribution in [0.15, 0.2) is 41.6 Å². The minimum absolute atomic E-state index is 0.0488.